The Labute approximate surface area is 203 Å². The molecule has 4 aromatic carbocycles. The van der Waals surface area contributed by atoms with Crippen LogP contribution < -0.4 is 4.52 Å². The summed E-state index contributed by atoms with van der Waals surface area (Å²) in [6, 6.07) is 32.2. The van der Waals surface area contributed by atoms with E-state index in [4.69, 9.17) is 17.9 Å². The summed E-state index contributed by atoms with van der Waals surface area (Å²) in [7, 11) is -1.78. The Morgan fingerprint density at radius 2 is 1.26 bits per heavy atom. The van der Waals surface area contributed by atoms with E-state index in [-0.39, 0.29) is 0 Å². The van der Waals surface area contributed by atoms with Crippen LogP contribution in [0.5, 0.6) is 5.88 Å². The van der Waals surface area contributed by atoms with E-state index in [0.717, 1.165) is 50.1 Å². The molecule has 172 valence electrons. The Morgan fingerprint density at radius 3 is 1.89 bits per heavy atom. The van der Waals surface area contributed by atoms with Crippen LogP contribution in [0.2, 0.25) is 0 Å². The van der Waals surface area contributed by atoms with Gasteiger partial charge in [-0.15, -0.1) is 0 Å². The fraction of sp³-hybridized carbons (Fsp3) is 0.0690. The lowest BCUT2D eigenvalue weighted by Crippen LogP contribution is -2.01. The lowest BCUT2D eigenvalue weighted by atomic mass is 10.1. The van der Waals surface area contributed by atoms with Crippen molar-refractivity contribution in [1.29, 1.82) is 0 Å². The van der Waals surface area contributed by atoms with E-state index >= 15 is 0 Å². The van der Waals surface area contributed by atoms with Gasteiger partial charge in [0.25, 0.3) is 0 Å². The average molecular weight is 478 g/mol. The molecule has 6 heteroatoms. The first-order chi connectivity index (χ1) is 17.2. The van der Waals surface area contributed by atoms with Gasteiger partial charge in [-0.05, 0) is 37.1 Å². The maximum Gasteiger partial charge on any atom is 0.454 e. The summed E-state index contributed by atoms with van der Waals surface area (Å²) >= 11 is 0. The van der Waals surface area contributed by atoms with Gasteiger partial charge >= 0.3 is 8.24 Å². The zero-order valence-electron chi connectivity index (χ0n) is 19.4. The Morgan fingerprint density at radius 1 is 0.686 bits per heavy atom. The predicted octanol–water partition coefficient (Wildman–Crippen LogP) is 8.60. The molecule has 2 heterocycles. The first-order valence-corrected chi connectivity index (χ1v) is 12.5. The summed E-state index contributed by atoms with van der Waals surface area (Å²) in [4.78, 5) is 4.87. The summed E-state index contributed by atoms with van der Waals surface area (Å²) in [5, 5.41) is 1.95. The van der Waals surface area contributed by atoms with Gasteiger partial charge in [0.1, 0.15) is 17.0 Å². The Bertz CT molecular complexity index is 1630. The summed E-state index contributed by atoms with van der Waals surface area (Å²) in [5.74, 6) is 1.23. The first kappa shape index (κ1) is 21.3. The van der Waals surface area contributed by atoms with Gasteiger partial charge in [0.05, 0.1) is 11.9 Å². The van der Waals surface area contributed by atoms with Gasteiger partial charge in [0, 0.05) is 16.3 Å². The molecule has 0 aliphatic heterocycles. The maximum absolute atomic E-state index is 6.28. The fourth-order valence-corrected chi connectivity index (χ4v) is 5.37. The molecule has 0 bridgehead atoms. The number of fused-ring (bicyclic) bond motifs is 3. The molecule has 0 unspecified atom stereocenters. The molecule has 35 heavy (non-hydrogen) atoms. The van der Waals surface area contributed by atoms with Crippen LogP contribution in [0.4, 0.5) is 0 Å². The first-order valence-electron chi connectivity index (χ1n) is 11.4. The molecule has 0 fully saturated rings. The minimum absolute atomic E-state index is 0.439. The predicted molar refractivity (Wildman–Crippen MR) is 141 cm³/mol. The maximum atomic E-state index is 6.28. The number of hydrogen-bond donors (Lipinski definition) is 0. The minimum Gasteiger partial charge on any atom is -0.390 e. The van der Waals surface area contributed by atoms with Crippen LogP contribution in [0.1, 0.15) is 11.1 Å². The quantitative estimate of drug-likeness (QED) is 0.255. The van der Waals surface area contributed by atoms with Gasteiger partial charge in [-0.1, -0.05) is 84.9 Å². The third-order valence-electron chi connectivity index (χ3n) is 5.97. The number of aromatic nitrogens is 2. The topological polar surface area (TPSA) is 53.3 Å². The number of hydrogen-bond acceptors (Lipinski definition) is 4. The highest BCUT2D eigenvalue weighted by Gasteiger charge is 2.18. The molecule has 0 spiro atoms. The van der Waals surface area contributed by atoms with E-state index in [9.17, 15) is 0 Å². The number of aryl methyl sites for hydroxylation is 2. The molecule has 6 rings (SSSR count). The zero-order chi connectivity index (χ0) is 23.8. The van der Waals surface area contributed by atoms with E-state index in [1.807, 2.05) is 85.1 Å². The van der Waals surface area contributed by atoms with Crippen LogP contribution in [0.25, 0.3) is 39.0 Å². The molecule has 0 aliphatic carbocycles. The zero-order valence-corrected chi connectivity index (χ0v) is 20.3. The Kier molecular flexibility index (Phi) is 5.40. The number of nitrogens with zero attached hydrogens (tertiary/aromatic N) is 2. The van der Waals surface area contributed by atoms with Crippen molar-refractivity contribution in [2.45, 2.75) is 13.8 Å². The molecule has 2 aromatic heterocycles. The smallest absolute Gasteiger partial charge is 0.390 e. The standard InChI is InChI=1S/C29H23N2O3P/c1-20-11-10-12-21(2)28(20)31-19-27(30-29(31)22-13-4-3-5-14-22)34-35-32-25-17-8-6-15-23(25)24-16-7-9-18-26(24)33-35/h3-19H,1-2H3. The molecular weight excluding hydrogens is 455 g/mol. The molecule has 0 saturated carbocycles. The van der Waals surface area contributed by atoms with E-state index in [2.05, 4.69) is 36.6 Å². The normalized spacial score (nSPS) is 11.1. The van der Waals surface area contributed by atoms with Crippen LogP contribution in [-0.2, 0) is 0 Å². The average Bonchev–Trinajstić information content (AvgIpc) is 3.20. The fourth-order valence-electron chi connectivity index (χ4n) is 4.38. The number of rotatable bonds is 4. The second-order valence-corrected chi connectivity index (χ2v) is 9.36. The van der Waals surface area contributed by atoms with Crippen molar-refractivity contribution < 1.29 is 12.9 Å². The minimum atomic E-state index is -1.78. The van der Waals surface area contributed by atoms with Crippen LogP contribution in [-0.4, -0.2) is 9.55 Å². The van der Waals surface area contributed by atoms with Crippen molar-refractivity contribution in [1.82, 2.24) is 9.55 Å². The van der Waals surface area contributed by atoms with Crippen LogP contribution >= 0.6 is 8.24 Å². The summed E-state index contributed by atoms with van der Waals surface area (Å²) in [6.07, 6.45) is 1.91. The van der Waals surface area contributed by atoms with Crippen molar-refractivity contribution in [3.63, 3.8) is 0 Å². The van der Waals surface area contributed by atoms with Crippen molar-refractivity contribution in [3.05, 3.63) is 114 Å². The van der Waals surface area contributed by atoms with E-state index in [1.54, 1.807) is 0 Å². The Balaban J connectivity index is 1.53. The lowest BCUT2D eigenvalue weighted by Gasteiger charge is -2.13. The van der Waals surface area contributed by atoms with Crippen LogP contribution in [0, 0.1) is 13.8 Å². The van der Waals surface area contributed by atoms with E-state index in [1.165, 1.54) is 0 Å². The highest BCUT2D eigenvalue weighted by molar-refractivity contribution is 7.32. The van der Waals surface area contributed by atoms with Crippen molar-refractivity contribution >= 4 is 30.2 Å². The molecular formula is C29H23N2O3P. The van der Waals surface area contributed by atoms with Gasteiger partial charge in [0.2, 0.25) is 5.88 Å². The number of benzene rings is 4. The number of para-hydroxylation sites is 3. The lowest BCUT2D eigenvalue weighted by molar-refractivity contribution is 0.488. The largest absolute Gasteiger partial charge is 0.454 e. The summed E-state index contributed by atoms with van der Waals surface area (Å²) < 4.78 is 20.8. The van der Waals surface area contributed by atoms with Gasteiger partial charge in [-0.25, -0.2) is 0 Å². The Hall–Kier alpha value is -4.21. The highest BCUT2D eigenvalue weighted by atomic mass is 31.1. The highest BCUT2D eigenvalue weighted by Crippen LogP contribution is 2.38. The SMILES string of the molecule is Cc1cccc(C)c1-n1cc(Op2oc3ccccc3c3ccccc3o2)nc1-c1ccccc1. The molecule has 0 amide bonds. The molecule has 5 nitrogen and oxygen atoms in total. The molecule has 0 N–H and O–H groups in total. The molecule has 0 atom stereocenters. The van der Waals surface area contributed by atoms with E-state index in [0.29, 0.717) is 5.88 Å². The van der Waals surface area contributed by atoms with E-state index < -0.39 is 8.24 Å². The third-order valence-corrected chi connectivity index (χ3v) is 7.00. The monoisotopic (exact) mass is 478 g/mol. The van der Waals surface area contributed by atoms with Gasteiger partial charge in [-0.2, -0.15) is 4.98 Å². The second kappa shape index (κ2) is 8.86. The van der Waals surface area contributed by atoms with Crippen molar-refractivity contribution in [2.24, 2.45) is 0 Å². The van der Waals surface area contributed by atoms with Gasteiger partial charge in [0.15, 0.2) is 0 Å². The van der Waals surface area contributed by atoms with Crippen molar-refractivity contribution in [3.8, 4) is 23.0 Å². The third kappa shape index (κ3) is 4.01. The van der Waals surface area contributed by atoms with Gasteiger partial charge in [-0.3, -0.25) is 4.57 Å². The number of imidazole rings is 1. The molecule has 0 saturated heterocycles. The van der Waals surface area contributed by atoms with Gasteiger partial charge < -0.3 is 12.9 Å². The summed E-state index contributed by atoms with van der Waals surface area (Å²) in [6.45, 7) is 4.21. The molecule has 0 radical (unpaired) electrons. The van der Waals surface area contributed by atoms with Crippen LogP contribution in [0.15, 0.2) is 112 Å². The second-order valence-electron chi connectivity index (χ2n) is 8.37. The molecule has 0 aliphatic rings. The van der Waals surface area contributed by atoms with Crippen molar-refractivity contribution in [2.75, 3.05) is 0 Å². The summed E-state index contributed by atoms with van der Waals surface area (Å²) in [5.41, 5.74) is 5.83. The van der Waals surface area contributed by atoms with Crippen LogP contribution in [0.3, 0.4) is 0 Å². The molecule has 6 aromatic rings.